The van der Waals surface area contributed by atoms with E-state index >= 15 is 0 Å². The maximum absolute atomic E-state index is 14.4. The molecule has 1 aromatic carbocycles. The van der Waals surface area contributed by atoms with Crippen LogP contribution in [0.5, 0.6) is 0 Å². The molecule has 2 saturated carbocycles. The first-order valence-corrected chi connectivity index (χ1v) is 20.3. The van der Waals surface area contributed by atoms with E-state index in [2.05, 4.69) is 15.4 Å². The Kier molecular flexibility index (Phi) is 11.5. The van der Waals surface area contributed by atoms with Gasteiger partial charge in [-0.05, 0) is 82.8 Å². The molecule has 0 unspecified atom stereocenters. The molecule has 3 aliphatic heterocycles. The average Bonchev–Trinajstić information content (AvgIpc) is 3.38. The predicted molar refractivity (Wildman–Crippen MR) is 190 cm³/mol. The molecule has 5 aliphatic rings. The lowest BCUT2D eigenvalue weighted by Gasteiger charge is -2.30. The molecule has 15 heteroatoms. The number of benzene rings is 1. The quantitative estimate of drug-likeness (QED) is 0.368. The zero-order valence-electron chi connectivity index (χ0n) is 30.0. The summed E-state index contributed by atoms with van der Waals surface area (Å²) in [6.45, 7) is 3.62. The number of sulfonamides is 1. The Bertz CT molecular complexity index is 1680. The summed E-state index contributed by atoms with van der Waals surface area (Å²) in [5.74, 6) is -2.49. The Labute approximate surface area is 305 Å². The molecule has 3 fully saturated rings. The molecule has 3 heterocycles. The van der Waals surface area contributed by atoms with Crippen molar-refractivity contribution in [2.45, 2.75) is 133 Å². The molecule has 1 saturated heterocycles. The maximum Gasteiger partial charge on any atom is 0.410 e. The van der Waals surface area contributed by atoms with Gasteiger partial charge in [0.05, 0.1) is 11.8 Å². The third kappa shape index (κ3) is 8.56. The fourth-order valence-electron chi connectivity index (χ4n) is 7.71. The maximum atomic E-state index is 14.4. The second kappa shape index (κ2) is 15.8. The monoisotopic (exact) mass is 741 g/mol. The molecular formula is C37H51N5O9S. The molecule has 14 nitrogen and oxygen atoms in total. The van der Waals surface area contributed by atoms with E-state index in [9.17, 15) is 32.4 Å². The van der Waals surface area contributed by atoms with Crippen molar-refractivity contribution in [1.82, 2.24) is 25.2 Å². The SMILES string of the molecule is CC(C)S(=O)(=O)NC(=O)[C@@]12C[C@H]1/C=C\CCCCC[C@H](NC(=O)OC1CCCC1)C(=O)N1C[C@H](OC(=O)N3CCc4ccccc4C3)C[C@H]1C(=O)N2. The predicted octanol–water partition coefficient (Wildman–Crippen LogP) is 3.44. The van der Waals surface area contributed by atoms with Crippen molar-refractivity contribution in [1.29, 1.82) is 0 Å². The van der Waals surface area contributed by atoms with Crippen LogP contribution in [0, 0.1) is 5.92 Å². The summed E-state index contributed by atoms with van der Waals surface area (Å²) in [7, 11) is -4.00. The van der Waals surface area contributed by atoms with Crippen molar-refractivity contribution >= 4 is 39.9 Å². The Hall–Kier alpha value is -4.14. The fraction of sp³-hybridized carbons (Fsp3) is 0.649. The van der Waals surface area contributed by atoms with Gasteiger partial charge < -0.3 is 29.9 Å². The molecule has 0 radical (unpaired) electrons. The van der Waals surface area contributed by atoms with Crippen LogP contribution in [0.4, 0.5) is 9.59 Å². The standard InChI is InChI=1S/C37H51N5O9S/c1-24(2)52(48,49)40-34(45)37-21-27(37)14-6-4-3-5-7-17-30(38-35(46)50-28-15-10-11-16-28)33(44)42-23-29(20-31(42)32(43)39-37)51-36(47)41-19-18-25-12-8-9-13-26(25)22-41/h6,8-9,12-14,24,27-31H,3-5,7,10-11,15-23H2,1-2H3,(H,38,46)(H,39,43)(H,40,45)/b14-6-/t27-,29-,30+,31+,37-/m1/s1. The number of carbonyl (C=O) groups is 5. The van der Waals surface area contributed by atoms with Crippen LogP contribution in [0.2, 0.25) is 0 Å². The topological polar surface area (TPSA) is 181 Å². The number of amides is 5. The number of nitrogens with zero attached hydrogens (tertiary/aromatic N) is 2. The smallest absolute Gasteiger partial charge is 0.410 e. The van der Waals surface area contributed by atoms with Crippen LogP contribution in [0.3, 0.4) is 0 Å². The Morgan fingerprint density at radius 1 is 0.962 bits per heavy atom. The van der Waals surface area contributed by atoms with Crippen molar-refractivity contribution in [3.05, 3.63) is 47.5 Å². The highest BCUT2D eigenvalue weighted by Crippen LogP contribution is 2.46. The van der Waals surface area contributed by atoms with E-state index in [0.717, 1.165) is 49.7 Å². The van der Waals surface area contributed by atoms with Crippen LogP contribution >= 0.6 is 0 Å². The Morgan fingerprint density at radius 2 is 1.69 bits per heavy atom. The van der Waals surface area contributed by atoms with Crippen molar-refractivity contribution in [2.75, 3.05) is 13.1 Å². The number of rotatable bonds is 6. The lowest BCUT2D eigenvalue weighted by molar-refractivity contribution is -0.141. The van der Waals surface area contributed by atoms with E-state index in [1.54, 1.807) is 4.90 Å². The molecule has 0 aromatic heterocycles. The molecule has 6 rings (SSSR count). The van der Waals surface area contributed by atoms with Gasteiger partial charge in [0.15, 0.2) is 0 Å². The molecule has 0 spiro atoms. The minimum Gasteiger partial charge on any atom is -0.446 e. The third-order valence-corrected chi connectivity index (χ3v) is 12.7. The first-order valence-electron chi connectivity index (χ1n) is 18.7. The molecule has 1 aromatic rings. The van der Waals surface area contributed by atoms with Gasteiger partial charge in [0.2, 0.25) is 21.8 Å². The van der Waals surface area contributed by atoms with E-state index in [4.69, 9.17) is 9.47 Å². The summed E-state index contributed by atoms with van der Waals surface area (Å²) in [5.41, 5.74) is 0.648. The van der Waals surface area contributed by atoms with Gasteiger partial charge in [-0.2, -0.15) is 0 Å². The van der Waals surface area contributed by atoms with E-state index in [-0.39, 0.29) is 25.5 Å². The average molecular weight is 742 g/mol. The second-order valence-corrected chi connectivity index (χ2v) is 17.3. The van der Waals surface area contributed by atoms with Crippen LogP contribution < -0.4 is 15.4 Å². The summed E-state index contributed by atoms with van der Waals surface area (Å²) in [5, 5.41) is 4.71. The van der Waals surface area contributed by atoms with Crippen LogP contribution in [0.15, 0.2) is 36.4 Å². The number of allylic oxidation sites excluding steroid dienone is 1. The van der Waals surface area contributed by atoms with E-state index in [1.165, 1.54) is 18.7 Å². The number of carbonyl (C=O) groups excluding carboxylic acids is 5. The summed E-state index contributed by atoms with van der Waals surface area (Å²) in [6.07, 6.45) is 8.87. The summed E-state index contributed by atoms with van der Waals surface area (Å²) < 4.78 is 39.1. The number of nitrogens with one attached hydrogen (secondary N) is 3. The van der Waals surface area contributed by atoms with Gasteiger partial charge in [0, 0.05) is 25.4 Å². The summed E-state index contributed by atoms with van der Waals surface area (Å²) in [6, 6.07) is 5.71. The number of fused-ring (bicyclic) bond motifs is 3. The van der Waals surface area contributed by atoms with Crippen LogP contribution in [-0.2, 0) is 46.8 Å². The van der Waals surface area contributed by atoms with Gasteiger partial charge >= 0.3 is 12.2 Å². The third-order valence-electron chi connectivity index (χ3n) is 11.0. The molecule has 5 amide bonds. The lowest BCUT2D eigenvalue weighted by Crippen LogP contribution is -2.58. The minimum atomic E-state index is -4.00. The number of alkyl carbamates (subject to hydrolysis) is 1. The van der Waals surface area contributed by atoms with E-state index < -0.39 is 74.8 Å². The van der Waals surface area contributed by atoms with Crippen molar-refractivity contribution < 1.29 is 41.9 Å². The fourth-order valence-corrected chi connectivity index (χ4v) is 8.38. The highest BCUT2D eigenvalue weighted by atomic mass is 32.2. The normalized spacial score (nSPS) is 29.1. The largest absolute Gasteiger partial charge is 0.446 e. The summed E-state index contributed by atoms with van der Waals surface area (Å²) in [4.78, 5) is 71.6. The van der Waals surface area contributed by atoms with Gasteiger partial charge in [0.1, 0.15) is 29.8 Å². The molecule has 284 valence electrons. The lowest BCUT2D eigenvalue weighted by atomic mass is 10.0. The van der Waals surface area contributed by atoms with Crippen LogP contribution in [-0.4, -0.2) is 96.3 Å². The molecule has 0 bridgehead atoms. The Balaban J connectivity index is 1.24. The van der Waals surface area contributed by atoms with Crippen LogP contribution in [0.1, 0.15) is 95.6 Å². The van der Waals surface area contributed by atoms with Gasteiger partial charge in [-0.25, -0.2) is 18.0 Å². The zero-order chi connectivity index (χ0) is 37.0. The highest BCUT2D eigenvalue weighted by molar-refractivity contribution is 7.90. The molecular weight excluding hydrogens is 690 g/mol. The van der Waals surface area contributed by atoms with Crippen molar-refractivity contribution in [2.24, 2.45) is 5.92 Å². The second-order valence-electron chi connectivity index (χ2n) is 15.1. The van der Waals surface area contributed by atoms with Crippen LogP contribution in [0.25, 0.3) is 0 Å². The van der Waals surface area contributed by atoms with Gasteiger partial charge in [-0.3, -0.25) is 19.1 Å². The van der Waals surface area contributed by atoms with Gasteiger partial charge in [-0.15, -0.1) is 0 Å². The van der Waals surface area contributed by atoms with Gasteiger partial charge in [0.25, 0.3) is 5.91 Å². The highest BCUT2D eigenvalue weighted by Gasteiger charge is 2.61. The summed E-state index contributed by atoms with van der Waals surface area (Å²) >= 11 is 0. The zero-order valence-corrected chi connectivity index (χ0v) is 30.8. The molecule has 5 atom stereocenters. The number of hydrogen-bond donors (Lipinski definition) is 3. The van der Waals surface area contributed by atoms with E-state index in [1.807, 2.05) is 36.4 Å². The van der Waals surface area contributed by atoms with Crippen molar-refractivity contribution in [3.8, 4) is 0 Å². The van der Waals surface area contributed by atoms with E-state index in [0.29, 0.717) is 38.8 Å². The van der Waals surface area contributed by atoms with Gasteiger partial charge in [-0.1, -0.05) is 49.3 Å². The minimum absolute atomic E-state index is 0.0462. The molecule has 2 aliphatic carbocycles. The first kappa shape index (κ1) is 37.6. The molecule has 52 heavy (non-hydrogen) atoms. The Morgan fingerprint density at radius 3 is 2.44 bits per heavy atom. The first-order chi connectivity index (χ1) is 24.9. The molecule has 3 N–H and O–H groups in total. The number of ether oxygens (including phenoxy) is 2. The number of hydrogen-bond acceptors (Lipinski definition) is 9. The van der Waals surface area contributed by atoms with Crippen molar-refractivity contribution in [3.63, 3.8) is 0 Å².